The van der Waals surface area contributed by atoms with Crippen molar-refractivity contribution in [3.8, 4) is 0 Å². The molecule has 2 unspecified atom stereocenters. The van der Waals surface area contributed by atoms with Gasteiger partial charge in [-0.25, -0.2) is 9.18 Å². The van der Waals surface area contributed by atoms with Crippen molar-refractivity contribution in [2.45, 2.75) is 49.5 Å². The fourth-order valence-corrected chi connectivity index (χ4v) is 7.62. The Morgan fingerprint density at radius 2 is 1.83 bits per heavy atom. The summed E-state index contributed by atoms with van der Waals surface area (Å²) in [5.74, 6) is -0.428. The summed E-state index contributed by atoms with van der Waals surface area (Å²) in [5.41, 5.74) is -0.483. The maximum absolute atomic E-state index is 13.9. The van der Waals surface area contributed by atoms with Crippen LogP contribution in [-0.2, 0) is 12.7 Å². The number of alkyl halides is 3. The quantitative estimate of drug-likeness (QED) is 0.379. The number of nitrogens with one attached hydrogen (secondary N) is 1. The fourth-order valence-electron chi connectivity index (χ4n) is 5.07. The Kier molecular flexibility index (Phi) is 6.21. The fraction of sp³-hybridized carbons (Fsp3) is 0.435. The van der Waals surface area contributed by atoms with Crippen molar-refractivity contribution < 1.29 is 17.6 Å². The summed E-state index contributed by atoms with van der Waals surface area (Å²) in [4.78, 5) is 23.7. The normalized spacial score (nSPS) is 26.1. The second-order valence-electron chi connectivity index (χ2n) is 9.27. The summed E-state index contributed by atoms with van der Waals surface area (Å²) in [5, 5.41) is 3.63. The minimum absolute atomic E-state index is 0.0639. The first-order valence-corrected chi connectivity index (χ1v) is 13.6. The molecule has 0 bridgehead atoms. The van der Waals surface area contributed by atoms with Gasteiger partial charge in [0.15, 0.2) is 0 Å². The van der Waals surface area contributed by atoms with Gasteiger partial charge < -0.3 is 10.2 Å². The molecule has 1 saturated heterocycles. The third-order valence-electron chi connectivity index (χ3n) is 6.46. The van der Waals surface area contributed by atoms with Gasteiger partial charge in [0.1, 0.15) is 11.6 Å². The highest BCUT2D eigenvalue weighted by molar-refractivity contribution is 8.36. The smallest absolute Gasteiger partial charge is 0.353 e. The highest BCUT2D eigenvalue weighted by Gasteiger charge is 2.36. The molecule has 12 heteroatoms. The van der Waals surface area contributed by atoms with Gasteiger partial charge in [0.05, 0.1) is 17.3 Å². The van der Waals surface area contributed by atoms with E-state index < -0.39 is 39.3 Å². The topological polar surface area (TPSA) is 63.1 Å². The molecule has 6 nitrogen and oxygen atoms in total. The maximum Gasteiger partial charge on any atom is 0.416 e. The van der Waals surface area contributed by atoms with Crippen LogP contribution < -0.4 is 15.9 Å². The molecule has 4 heterocycles. The molecule has 0 radical (unpaired) electrons. The predicted molar refractivity (Wildman–Crippen MR) is 130 cm³/mol. The molecular weight excluding hydrogens is 506 g/mol. The van der Waals surface area contributed by atoms with Crippen LogP contribution in [0.3, 0.4) is 0 Å². The number of benzene rings is 1. The minimum Gasteiger partial charge on any atom is -0.353 e. The number of thiol groups is 1. The van der Waals surface area contributed by atoms with Crippen LogP contribution in [0.5, 0.6) is 0 Å². The highest BCUT2D eigenvalue weighted by Crippen LogP contribution is 2.52. The van der Waals surface area contributed by atoms with Crippen molar-refractivity contribution in [3.63, 3.8) is 0 Å². The summed E-state index contributed by atoms with van der Waals surface area (Å²) >= 11 is 0. The summed E-state index contributed by atoms with van der Waals surface area (Å²) < 4.78 is 57.1. The molecule has 3 aromatic rings. The second kappa shape index (κ2) is 8.94. The van der Waals surface area contributed by atoms with Crippen LogP contribution in [0.1, 0.15) is 30.9 Å². The number of hydrogen-bond donors (Lipinski definition) is 2. The molecule has 0 saturated carbocycles. The van der Waals surface area contributed by atoms with Crippen LogP contribution in [-0.4, -0.2) is 45.5 Å². The standard InChI is InChI=1S/C23H24ClF4N5OS/c1-12-8-32(9-13(2)30-12)21-18-4-16(23(26,27)28)5-19-20(18)33(22(34)31-21)10-15(11-35(19)24)14-3-17(25)7-29-6-14/h3-7,12-13,15,30,35H,8-11H2,1-2H3/t12-,13+,15?. The van der Waals surface area contributed by atoms with Crippen LogP contribution in [0.2, 0.25) is 0 Å². The minimum atomic E-state index is -4.60. The molecule has 2 aliphatic rings. The molecule has 4 atom stereocenters. The van der Waals surface area contributed by atoms with Crippen molar-refractivity contribution in [3.05, 3.63) is 58.0 Å². The number of hydrogen-bond acceptors (Lipinski definition) is 5. The molecule has 1 aromatic carbocycles. The van der Waals surface area contributed by atoms with Gasteiger partial charge in [-0.15, -0.1) is 10.1 Å². The van der Waals surface area contributed by atoms with E-state index in [4.69, 9.17) is 10.7 Å². The molecule has 2 aromatic heterocycles. The van der Waals surface area contributed by atoms with Gasteiger partial charge in [-0.2, -0.15) is 18.2 Å². The maximum atomic E-state index is 13.9. The van der Waals surface area contributed by atoms with Crippen molar-refractivity contribution in [2.24, 2.45) is 0 Å². The highest BCUT2D eigenvalue weighted by atomic mass is 35.7. The number of nitrogens with zero attached hydrogens (tertiary/aromatic N) is 4. The lowest BCUT2D eigenvalue weighted by molar-refractivity contribution is -0.137. The average Bonchev–Trinajstić information content (AvgIpc) is 2.92. The van der Waals surface area contributed by atoms with Crippen LogP contribution >= 0.6 is 20.8 Å². The van der Waals surface area contributed by atoms with Gasteiger partial charge in [-0.1, -0.05) is 10.7 Å². The number of rotatable bonds is 2. The molecule has 188 valence electrons. The molecule has 1 fully saturated rings. The Morgan fingerprint density at radius 3 is 2.49 bits per heavy atom. The molecule has 5 rings (SSSR count). The van der Waals surface area contributed by atoms with Crippen LogP contribution in [0.25, 0.3) is 10.9 Å². The third-order valence-corrected chi connectivity index (χ3v) is 9.05. The number of halogens is 5. The molecule has 1 N–H and O–H groups in total. The van der Waals surface area contributed by atoms with E-state index in [-0.39, 0.29) is 40.5 Å². The first-order chi connectivity index (χ1) is 16.5. The molecule has 35 heavy (non-hydrogen) atoms. The second-order valence-corrected chi connectivity index (χ2v) is 12.1. The van der Waals surface area contributed by atoms with Gasteiger partial charge >= 0.3 is 11.9 Å². The Hall–Kier alpha value is -2.37. The zero-order valence-electron chi connectivity index (χ0n) is 19.0. The lowest BCUT2D eigenvalue weighted by atomic mass is 10.0. The van der Waals surface area contributed by atoms with Crippen LogP contribution in [0.4, 0.5) is 23.4 Å². The Balaban J connectivity index is 1.75. The Morgan fingerprint density at radius 1 is 1.11 bits per heavy atom. The first kappa shape index (κ1) is 24.3. The van der Waals surface area contributed by atoms with E-state index in [0.717, 1.165) is 18.3 Å². The number of aromatic nitrogens is 3. The van der Waals surface area contributed by atoms with E-state index in [2.05, 4.69) is 15.3 Å². The monoisotopic (exact) mass is 529 g/mol. The number of anilines is 1. The van der Waals surface area contributed by atoms with Crippen molar-refractivity contribution in [2.75, 3.05) is 23.7 Å². The van der Waals surface area contributed by atoms with E-state index in [1.165, 1.54) is 16.8 Å². The summed E-state index contributed by atoms with van der Waals surface area (Å²) in [7, 11) is 5.17. The molecule has 2 aliphatic heterocycles. The lowest BCUT2D eigenvalue weighted by Gasteiger charge is -2.37. The van der Waals surface area contributed by atoms with E-state index in [0.29, 0.717) is 24.2 Å². The lowest BCUT2D eigenvalue weighted by Crippen LogP contribution is -2.55. The molecule has 0 aliphatic carbocycles. The van der Waals surface area contributed by atoms with Crippen molar-refractivity contribution in [1.82, 2.24) is 19.9 Å². The summed E-state index contributed by atoms with van der Waals surface area (Å²) in [6, 6.07) is 3.57. The first-order valence-electron chi connectivity index (χ1n) is 11.2. The molecule has 0 spiro atoms. The van der Waals surface area contributed by atoms with Gasteiger partial charge in [0.2, 0.25) is 0 Å². The largest absolute Gasteiger partial charge is 0.416 e. The van der Waals surface area contributed by atoms with Crippen molar-refractivity contribution >= 4 is 37.5 Å². The van der Waals surface area contributed by atoms with E-state index in [9.17, 15) is 22.4 Å². The van der Waals surface area contributed by atoms with Crippen LogP contribution in [0.15, 0.2) is 40.3 Å². The average molecular weight is 530 g/mol. The van der Waals surface area contributed by atoms with E-state index in [1.54, 1.807) is 0 Å². The number of piperazine rings is 1. The van der Waals surface area contributed by atoms with Gasteiger partial charge in [0, 0.05) is 59.9 Å². The summed E-state index contributed by atoms with van der Waals surface area (Å²) in [6.45, 7) is 5.06. The molecular formula is C23H24ClF4N5OS. The third kappa shape index (κ3) is 4.61. The van der Waals surface area contributed by atoms with Gasteiger partial charge in [-0.05, 0) is 37.6 Å². The van der Waals surface area contributed by atoms with E-state index >= 15 is 0 Å². The van der Waals surface area contributed by atoms with E-state index in [1.807, 2.05) is 18.7 Å². The molecule has 0 amide bonds. The Labute approximate surface area is 206 Å². The SMILES string of the molecule is C[C@@H]1CN(c2nc(=O)n3c4c(cc(C(F)(F)F)cc24)[SH](Cl)CC(c2cncc(F)c2)C3)C[C@H](C)N1. The zero-order chi connectivity index (χ0) is 25.1. The summed E-state index contributed by atoms with van der Waals surface area (Å²) in [6.07, 6.45) is -2.03. The zero-order valence-corrected chi connectivity index (χ0v) is 20.6. The number of pyridine rings is 1. The van der Waals surface area contributed by atoms with Gasteiger partial charge in [-0.3, -0.25) is 9.55 Å². The van der Waals surface area contributed by atoms with Crippen molar-refractivity contribution in [1.29, 1.82) is 0 Å². The van der Waals surface area contributed by atoms with Gasteiger partial charge in [0.25, 0.3) is 0 Å². The predicted octanol–water partition coefficient (Wildman–Crippen LogP) is 4.45. The Bertz CT molecular complexity index is 1340. The van der Waals surface area contributed by atoms with Crippen LogP contribution in [0, 0.1) is 5.82 Å².